The molecule has 116 valence electrons. The molecular weight excluding hydrogens is 423 g/mol. The van der Waals surface area contributed by atoms with Gasteiger partial charge in [-0.2, -0.15) is 0 Å². The molecule has 0 spiro atoms. The third-order valence-corrected chi connectivity index (χ3v) is 44.8. The van der Waals surface area contributed by atoms with Crippen molar-refractivity contribution < 1.29 is 0 Å². The average molecular weight is 437 g/mol. The van der Waals surface area contributed by atoms with Gasteiger partial charge < -0.3 is 0 Å². The van der Waals surface area contributed by atoms with Crippen molar-refractivity contribution in [1.82, 2.24) is 0 Å². The Bertz CT molecular complexity index is 643. The zero-order valence-electron chi connectivity index (χ0n) is 11.5. The molecule has 1 saturated heterocycles. The monoisotopic (exact) mass is 436 g/mol. The van der Waals surface area contributed by atoms with Crippen molar-refractivity contribution in [1.29, 1.82) is 0 Å². The molecule has 0 aromatic heterocycles. The Morgan fingerprint density at radius 2 is 1.05 bits per heavy atom. The zero-order chi connectivity index (χ0) is 15.5. The van der Waals surface area contributed by atoms with E-state index < -0.39 is 7.29 Å². The molecule has 1 heterocycles. The van der Waals surface area contributed by atoms with Gasteiger partial charge in [-0.1, -0.05) is 107 Å². The number of hydrogen-bond acceptors (Lipinski definition) is 6. The second-order valence-corrected chi connectivity index (χ2v) is 34.7. The van der Waals surface area contributed by atoms with Crippen LogP contribution in [0, 0.1) is 0 Å². The first kappa shape index (κ1) is 17.9. The largest absolute Gasteiger partial charge is 0.122 e. The van der Waals surface area contributed by atoms with Gasteiger partial charge in [0.1, 0.15) is 7.29 Å². The van der Waals surface area contributed by atoms with Crippen LogP contribution >= 0.6 is 52.1 Å². The molecule has 0 unspecified atom stereocenters. The normalized spacial score (nSPS) is 27.3. The molecule has 2 aromatic rings. The number of hydrogen-bond donors (Lipinski definition) is 0. The molecule has 0 nitrogen and oxygen atoms in total. The fourth-order valence-electron chi connectivity index (χ4n) is 1.80. The molecule has 1 aliphatic heterocycles. The third-order valence-electron chi connectivity index (χ3n) is 2.86. The van der Waals surface area contributed by atoms with E-state index in [0.29, 0.717) is 0 Å². The standard InChI is InChI=1S/C14H14P2S6/c17-15(19-11-13-7-3-1-4-8-13)21-16(18,22-15)20-12-14-9-5-2-6-10-14/h1-10H,11-12H2. The molecule has 1 fully saturated rings. The summed E-state index contributed by atoms with van der Waals surface area (Å²) in [5.74, 6) is 2.02. The van der Waals surface area contributed by atoms with Crippen LogP contribution in [0.4, 0.5) is 0 Å². The summed E-state index contributed by atoms with van der Waals surface area (Å²) in [6.45, 7) is 0. The quantitative estimate of drug-likeness (QED) is 0.421. The van der Waals surface area contributed by atoms with E-state index in [9.17, 15) is 0 Å². The maximum atomic E-state index is 5.86. The van der Waals surface area contributed by atoms with Crippen molar-refractivity contribution in [3.05, 3.63) is 71.8 Å². The van der Waals surface area contributed by atoms with Gasteiger partial charge >= 0.3 is 0 Å². The Morgan fingerprint density at radius 3 is 1.41 bits per heavy atom. The predicted molar refractivity (Wildman–Crippen MR) is 119 cm³/mol. The summed E-state index contributed by atoms with van der Waals surface area (Å²) in [6, 6.07) is 21.1. The molecule has 0 aliphatic carbocycles. The van der Waals surface area contributed by atoms with E-state index >= 15 is 0 Å². The summed E-state index contributed by atoms with van der Waals surface area (Å²) in [7, 11) is 0. The highest BCUT2D eigenvalue weighted by molar-refractivity contribution is 9.63. The minimum absolute atomic E-state index is 1.01. The van der Waals surface area contributed by atoms with Crippen LogP contribution in [-0.4, -0.2) is 0 Å². The van der Waals surface area contributed by atoms with Crippen molar-refractivity contribution in [2.45, 2.75) is 11.5 Å². The van der Waals surface area contributed by atoms with E-state index in [0.717, 1.165) is 11.5 Å². The van der Waals surface area contributed by atoms with E-state index in [-0.39, 0.29) is 0 Å². The maximum absolute atomic E-state index is 5.86. The second-order valence-electron chi connectivity index (χ2n) is 4.58. The highest BCUT2D eigenvalue weighted by Crippen LogP contribution is 3.12. The van der Waals surface area contributed by atoms with Gasteiger partial charge in [0.05, 0.1) is 0 Å². The first-order valence-corrected chi connectivity index (χ1v) is 19.4. The first-order chi connectivity index (χ1) is 10.6. The first-order valence-electron chi connectivity index (χ1n) is 6.57. The van der Waals surface area contributed by atoms with Crippen LogP contribution in [0.25, 0.3) is 0 Å². The zero-order valence-corrected chi connectivity index (χ0v) is 18.2. The summed E-state index contributed by atoms with van der Waals surface area (Å²) in [5.41, 5.74) is 2.71. The van der Waals surface area contributed by atoms with Crippen LogP contribution in [-0.2, 0) is 35.1 Å². The molecule has 0 N–H and O–H groups in total. The average Bonchev–Trinajstić information content (AvgIpc) is 2.52. The van der Waals surface area contributed by atoms with E-state index in [4.69, 9.17) is 23.6 Å². The SMILES string of the molecule is S=P1(SCc2ccccc2)SP(=S)(SCc2ccccc2)S1. The maximum Gasteiger partial charge on any atom is 0.122 e. The van der Waals surface area contributed by atoms with Crippen LogP contribution in [0.5, 0.6) is 0 Å². The van der Waals surface area contributed by atoms with Crippen molar-refractivity contribution in [2.24, 2.45) is 0 Å². The topological polar surface area (TPSA) is 0 Å². The summed E-state index contributed by atoms with van der Waals surface area (Å²) in [5, 5.41) is 0. The summed E-state index contributed by atoms with van der Waals surface area (Å²) in [4.78, 5) is 0. The van der Waals surface area contributed by atoms with E-state index in [1.807, 2.05) is 44.8 Å². The van der Waals surface area contributed by atoms with Gasteiger partial charge in [0.25, 0.3) is 0 Å². The smallest absolute Gasteiger partial charge is 0.0987 e. The molecular formula is C14H14P2S6. The lowest BCUT2D eigenvalue weighted by molar-refractivity contribution is 1.43. The van der Waals surface area contributed by atoms with Gasteiger partial charge in [0.2, 0.25) is 0 Å². The highest BCUT2D eigenvalue weighted by Gasteiger charge is 2.44. The van der Waals surface area contributed by atoms with Crippen LogP contribution in [0.1, 0.15) is 11.1 Å². The molecule has 0 bridgehead atoms. The molecule has 8 heteroatoms. The van der Waals surface area contributed by atoms with Crippen molar-refractivity contribution in [3.63, 3.8) is 0 Å². The number of benzene rings is 2. The molecule has 3 rings (SSSR count). The van der Waals surface area contributed by atoms with E-state index in [1.165, 1.54) is 11.1 Å². The molecule has 2 aromatic carbocycles. The van der Waals surface area contributed by atoms with Crippen molar-refractivity contribution >= 4 is 75.7 Å². The minimum Gasteiger partial charge on any atom is -0.0987 e. The van der Waals surface area contributed by atoms with Gasteiger partial charge in [0, 0.05) is 11.5 Å². The predicted octanol–water partition coefficient (Wildman–Crippen LogP) is 7.78. The Kier molecular flexibility index (Phi) is 6.54. The fourth-order valence-corrected chi connectivity index (χ4v) is 70.4. The Morgan fingerprint density at radius 1 is 0.682 bits per heavy atom. The number of rotatable bonds is 6. The van der Waals surface area contributed by atoms with E-state index in [1.54, 1.807) is 0 Å². The Labute approximate surface area is 157 Å². The molecule has 0 atom stereocenters. The molecule has 0 amide bonds. The van der Waals surface area contributed by atoms with Gasteiger partial charge in [-0.15, -0.1) is 0 Å². The van der Waals surface area contributed by atoms with E-state index in [2.05, 4.69) is 60.7 Å². The van der Waals surface area contributed by atoms with Gasteiger partial charge in [0.15, 0.2) is 0 Å². The Hall–Kier alpha value is 1.14. The molecule has 1 aliphatic rings. The lowest BCUT2D eigenvalue weighted by Gasteiger charge is -2.38. The van der Waals surface area contributed by atoms with Crippen LogP contribution in [0.15, 0.2) is 60.7 Å². The van der Waals surface area contributed by atoms with Gasteiger partial charge in [-0.05, 0) is 33.1 Å². The summed E-state index contributed by atoms with van der Waals surface area (Å²) in [6.07, 6.45) is 0. The van der Waals surface area contributed by atoms with Crippen molar-refractivity contribution in [3.8, 4) is 0 Å². The summed E-state index contributed by atoms with van der Waals surface area (Å²) >= 11 is 19.5. The van der Waals surface area contributed by atoms with Crippen LogP contribution < -0.4 is 0 Å². The lowest BCUT2D eigenvalue weighted by Crippen LogP contribution is -1.82. The van der Waals surface area contributed by atoms with Crippen LogP contribution in [0.2, 0.25) is 0 Å². The third kappa shape index (κ3) is 5.07. The van der Waals surface area contributed by atoms with Crippen LogP contribution in [0.3, 0.4) is 0 Å². The molecule has 0 radical (unpaired) electrons. The minimum atomic E-state index is -1.39. The fraction of sp³-hybridized carbons (Fsp3) is 0.143. The molecule has 22 heavy (non-hydrogen) atoms. The molecule has 0 saturated carbocycles. The van der Waals surface area contributed by atoms with Crippen molar-refractivity contribution in [2.75, 3.05) is 0 Å². The van der Waals surface area contributed by atoms with Gasteiger partial charge in [-0.3, -0.25) is 0 Å². The highest BCUT2D eigenvalue weighted by atomic mass is 33.9. The summed E-state index contributed by atoms with van der Waals surface area (Å²) < 4.78 is -2.79. The lowest BCUT2D eigenvalue weighted by atomic mass is 10.2. The Balaban J connectivity index is 1.49. The van der Waals surface area contributed by atoms with Gasteiger partial charge in [-0.25, -0.2) is 0 Å². The second kappa shape index (κ2) is 8.01.